The molecule has 1 aliphatic carbocycles. The molecule has 2 fully saturated rings. The molecule has 4 atom stereocenters. The van der Waals surface area contributed by atoms with Gasteiger partial charge in [-0.05, 0) is 44.1 Å². The Morgan fingerprint density at radius 2 is 2.10 bits per heavy atom. The zero-order valence-corrected chi connectivity index (χ0v) is 14.3. The summed E-state index contributed by atoms with van der Waals surface area (Å²) >= 11 is 0. The van der Waals surface area contributed by atoms with Crippen LogP contribution in [0.1, 0.15) is 26.2 Å². The first kappa shape index (κ1) is 15.8. The molecule has 116 valence electrons. The fourth-order valence-electron chi connectivity index (χ4n) is 3.62. The van der Waals surface area contributed by atoms with Crippen LogP contribution in [0.5, 0.6) is 0 Å². The minimum absolute atomic E-state index is 0.0480. The Kier molecular flexibility index (Phi) is 4.79. The van der Waals surface area contributed by atoms with Crippen molar-refractivity contribution in [1.82, 2.24) is 4.90 Å². The molecule has 0 unspecified atom stereocenters. The topological polar surface area (TPSA) is 49.8 Å². The van der Waals surface area contributed by atoms with Crippen LogP contribution in [-0.2, 0) is 4.74 Å². The van der Waals surface area contributed by atoms with Crippen molar-refractivity contribution in [3.8, 4) is 0 Å². The second kappa shape index (κ2) is 6.06. The number of hydrogen-bond donors (Lipinski definition) is 1. The molecule has 1 amide bonds. The fourth-order valence-corrected chi connectivity index (χ4v) is 4.34. The summed E-state index contributed by atoms with van der Waals surface area (Å²) in [6, 6.07) is 0.951. The summed E-state index contributed by atoms with van der Waals surface area (Å²) in [5.74, 6) is 1.07. The summed E-state index contributed by atoms with van der Waals surface area (Å²) in [6.45, 7) is 9.91. The monoisotopic (exact) mass is 299 g/mol. The smallest absolute Gasteiger partial charge is 0.410 e. The number of carbonyl (C=O) groups is 1. The van der Waals surface area contributed by atoms with Gasteiger partial charge in [-0.3, -0.25) is 0 Å². The van der Waals surface area contributed by atoms with Gasteiger partial charge in [-0.2, -0.15) is 0 Å². The van der Waals surface area contributed by atoms with Crippen LogP contribution in [0.3, 0.4) is 0 Å². The lowest BCUT2D eigenvalue weighted by Crippen LogP contribution is -2.53. The van der Waals surface area contributed by atoms with E-state index in [9.17, 15) is 9.90 Å². The van der Waals surface area contributed by atoms with Crippen molar-refractivity contribution in [2.75, 3.05) is 13.2 Å². The molecule has 0 aromatic rings. The first-order chi connectivity index (χ1) is 9.28. The highest BCUT2D eigenvalue weighted by molar-refractivity contribution is 6.76. The second-order valence-corrected chi connectivity index (χ2v) is 13.4. The van der Waals surface area contributed by atoms with Crippen LogP contribution in [0.25, 0.3) is 0 Å². The average molecular weight is 299 g/mol. The summed E-state index contributed by atoms with van der Waals surface area (Å²) < 4.78 is 5.47. The predicted octanol–water partition coefficient (Wildman–Crippen LogP) is 2.94. The van der Waals surface area contributed by atoms with Gasteiger partial charge in [0.15, 0.2) is 0 Å². The first-order valence-corrected chi connectivity index (χ1v) is 11.6. The number of rotatable bonds is 4. The highest BCUT2D eigenvalue weighted by Crippen LogP contribution is 2.41. The van der Waals surface area contributed by atoms with Crippen molar-refractivity contribution in [3.63, 3.8) is 0 Å². The predicted molar refractivity (Wildman–Crippen MR) is 82.5 cm³/mol. The van der Waals surface area contributed by atoms with Crippen LogP contribution >= 0.6 is 0 Å². The molecule has 0 spiro atoms. The zero-order chi connectivity index (χ0) is 14.9. The molecule has 0 aromatic carbocycles. The van der Waals surface area contributed by atoms with Crippen molar-refractivity contribution < 1.29 is 14.6 Å². The number of likely N-dealkylation sites (tertiary alicyclic amines) is 1. The minimum Gasteiger partial charge on any atom is -0.450 e. The maximum absolute atomic E-state index is 12.3. The number of piperidine rings is 1. The zero-order valence-electron chi connectivity index (χ0n) is 13.3. The first-order valence-electron chi connectivity index (χ1n) is 7.89. The number of hydrogen-bond acceptors (Lipinski definition) is 3. The van der Waals surface area contributed by atoms with Crippen molar-refractivity contribution in [2.45, 2.75) is 64.0 Å². The van der Waals surface area contributed by atoms with E-state index in [1.807, 2.05) is 0 Å². The normalized spacial score (nSPS) is 31.2. The van der Waals surface area contributed by atoms with E-state index in [2.05, 4.69) is 19.6 Å². The maximum Gasteiger partial charge on any atom is 0.410 e. The number of aliphatic hydroxyl groups excluding tert-OH is 1. The van der Waals surface area contributed by atoms with Gasteiger partial charge in [0.25, 0.3) is 0 Å². The average Bonchev–Trinajstić information content (AvgIpc) is 2.68. The van der Waals surface area contributed by atoms with E-state index in [0.29, 0.717) is 18.4 Å². The Hall–Kier alpha value is -0.553. The van der Waals surface area contributed by atoms with E-state index in [1.165, 1.54) is 6.42 Å². The van der Waals surface area contributed by atoms with E-state index in [-0.39, 0.29) is 12.1 Å². The molecule has 0 aromatic heterocycles. The van der Waals surface area contributed by atoms with Crippen LogP contribution in [-0.4, -0.2) is 49.5 Å². The molecule has 1 N–H and O–H groups in total. The fraction of sp³-hybridized carbons (Fsp3) is 0.933. The Morgan fingerprint density at radius 1 is 1.40 bits per heavy atom. The van der Waals surface area contributed by atoms with E-state index >= 15 is 0 Å². The van der Waals surface area contributed by atoms with Gasteiger partial charge in [0.05, 0.1) is 18.8 Å². The quantitative estimate of drug-likeness (QED) is 0.812. The van der Waals surface area contributed by atoms with Gasteiger partial charge >= 0.3 is 6.09 Å². The highest BCUT2D eigenvalue weighted by Gasteiger charge is 2.45. The van der Waals surface area contributed by atoms with E-state index < -0.39 is 14.2 Å². The summed E-state index contributed by atoms with van der Waals surface area (Å²) in [6.07, 6.45) is 2.80. The third-order valence-corrected chi connectivity index (χ3v) is 6.39. The van der Waals surface area contributed by atoms with E-state index in [1.54, 1.807) is 11.8 Å². The van der Waals surface area contributed by atoms with Gasteiger partial charge in [-0.25, -0.2) is 4.79 Å². The minimum atomic E-state index is -1.17. The number of nitrogens with zero attached hydrogens (tertiary/aromatic N) is 1. The molecule has 5 heteroatoms. The maximum atomic E-state index is 12.3. The molecule has 1 saturated carbocycles. The van der Waals surface area contributed by atoms with Gasteiger partial charge in [-0.15, -0.1) is 0 Å². The molecule has 0 radical (unpaired) electrons. The molecular weight excluding hydrogens is 270 g/mol. The third kappa shape index (κ3) is 3.76. The molecular formula is C15H29NO3Si. The van der Waals surface area contributed by atoms with Gasteiger partial charge in [-0.1, -0.05) is 19.6 Å². The van der Waals surface area contributed by atoms with Crippen LogP contribution in [0.15, 0.2) is 0 Å². The lowest BCUT2D eigenvalue weighted by molar-refractivity contribution is -0.000993. The van der Waals surface area contributed by atoms with Gasteiger partial charge in [0.2, 0.25) is 0 Å². The lowest BCUT2D eigenvalue weighted by Gasteiger charge is -2.41. The number of aliphatic hydroxyl groups is 1. The largest absolute Gasteiger partial charge is 0.450 e. The SMILES string of the molecule is C[C@H](O)[C@@H]1[C@@H]2CC[C@@H](C2)CN1C(=O)OCC[Si](C)(C)C. The number of amides is 1. The van der Waals surface area contributed by atoms with Crippen LogP contribution in [0.4, 0.5) is 4.79 Å². The van der Waals surface area contributed by atoms with E-state index in [4.69, 9.17) is 4.74 Å². The molecule has 1 aliphatic heterocycles. The lowest BCUT2D eigenvalue weighted by atomic mass is 9.88. The summed E-state index contributed by atoms with van der Waals surface area (Å²) in [5, 5.41) is 10.0. The second-order valence-electron chi connectivity index (χ2n) is 7.75. The van der Waals surface area contributed by atoms with Crippen molar-refractivity contribution in [2.24, 2.45) is 11.8 Å². The molecule has 2 aliphatic rings. The molecule has 1 saturated heterocycles. The van der Waals surface area contributed by atoms with Crippen LogP contribution in [0, 0.1) is 11.8 Å². The van der Waals surface area contributed by atoms with Crippen molar-refractivity contribution in [1.29, 1.82) is 0 Å². The van der Waals surface area contributed by atoms with Gasteiger partial charge in [0.1, 0.15) is 0 Å². The number of carbonyl (C=O) groups excluding carboxylic acids is 1. The highest BCUT2D eigenvalue weighted by atomic mass is 28.3. The molecule has 1 heterocycles. The Morgan fingerprint density at radius 3 is 2.70 bits per heavy atom. The van der Waals surface area contributed by atoms with Crippen LogP contribution in [0.2, 0.25) is 25.7 Å². The molecule has 4 nitrogen and oxygen atoms in total. The van der Waals surface area contributed by atoms with Gasteiger partial charge < -0.3 is 14.7 Å². The Balaban J connectivity index is 1.93. The number of ether oxygens (including phenoxy) is 1. The number of fused-ring (bicyclic) bond motifs is 2. The molecule has 2 rings (SSSR count). The molecule has 20 heavy (non-hydrogen) atoms. The Labute approximate surface area is 123 Å². The summed E-state index contributed by atoms with van der Waals surface area (Å²) in [5.41, 5.74) is 0. The van der Waals surface area contributed by atoms with Crippen molar-refractivity contribution >= 4 is 14.2 Å². The summed E-state index contributed by atoms with van der Waals surface area (Å²) in [7, 11) is -1.17. The summed E-state index contributed by atoms with van der Waals surface area (Å²) in [4.78, 5) is 14.1. The van der Waals surface area contributed by atoms with Crippen molar-refractivity contribution in [3.05, 3.63) is 0 Å². The van der Waals surface area contributed by atoms with E-state index in [0.717, 1.165) is 25.4 Å². The van der Waals surface area contributed by atoms with Gasteiger partial charge in [0, 0.05) is 14.6 Å². The third-order valence-electron chi connectivity index (χ3n) is 4.69. The Bertz CT molecular complexity index is 354. The standard InChI is InChI=1S/C15H29NO3Si/c1-11(17)14-13-6-5-12(9-13)10-16(14)15(18)19-7-8-20(2,3)4/h11-14,17H,5-10H2,1-4H3/t11-,12-,13+,14+/m0/s1. The van der Waals surface area contributed by atoms with Crippen LogP contribution < -0.4 is 0 Å². The molecule has 2 bridgehead atoms.